The van der Waals surface area contributed by atoms with Crippen LogP contribution in [0.1, 0.15) is 38.5 Å². The van der Waals surface area contributed by atoms with E-state index in [1.807, 2.05) is 0 Å². The first kappa shape index (κ1) is 36.6. The van der Waals surface area contributed by atoms with Gasteiger partial charge in [-0.1, -0.05) is 69.6 Å². The number of aryl methyl sites for hydroxylation is 2. The van der Waals surface area contributed by atoms with Gasteiger partial charge >= 0.3 is 33.0 Å². The standard InChI is InChI=1S/2C7H10Cl3N3.2ClH.Ni.2H2O/c2*8-7(9,10)3-1-2-4-13-6-11-5-12-13;;;;;/h2*5-6H,1-4H2;2*1H;;2*1H2/q;;;;+2;;/p-2. The first-order chi connectivity index (χ1) is 13.6. The number of hydrogen-bond acceptors (Lipinski definition) is 4. The van der Waals surface area contributed by atoms with Gasteiger partial charge in [0.15, 0.2) is 7.59 Å². The van der Waals surface area contributed by atoms with E-state index in [2.05, 4.69) is 20.2 Å². The fourth-order valence-electron chi connectivity index (χ4n) is 1.89. The monoisotopic (exact) mass is 646 g/mol. The van der Waals surface area contributed by atoms with Gasteiger partial charge in [-0.25, -0.2) is 9.97 Å². The topological polar surface area (TPSA) is 124 Å². The zero-order valence-corrected chi connectivity index (χ0v) is 23.0. The van der Waals surface area contributed by atoms with E-state index in [0.29, 0.717) is 25.5 Å². The van der Waals surface area contributed by atoms with Crippen LogP contribution in [0.4, 0.5) is 0 Å². The molecule has 0 amide bonds. The zero-order chi connectivity index (χ0) is 22.2. The molecule has 31 heavy (non-hydrogen) atoms. The summed E-state index contributed by atoms with van der Waals surface area (Å²) < 4.78 is 1.28. The van der Waals surface area contributed by atoms with Gasteiger partial charge in [0.2, 0.25) is 0 Å². The molecule has 2 aromatic rings. The predicted octanol–water partition coefficient (Wildman–Crippen LogP) is 5.36. The molecule has 0 aliphatic rings. The van der Waals surface area contributed by atoms with Crippen molar-refractivity contribution in [2.75, 3.05) is 0 Å². The molecule has 2 aromatic heterocycles. The van der Waals surface area contributed by atoms with Gasteiger partial charge < -0.3 is 11.0 Å². The summed E-state index contributed by atoms with van der Waals surface area (Å²) in [5, 5.41) is 7.91. The predicted molar refractivity (Wildman–Crippen MR) is 127 cm³/mol. The number of aromatic nitrogens is 6. The van der Waals surface area contributed by atoms with Crippen LogP contribution in [0.25, 0.3) is 0 Å². The second-order valence-electron chi connectivity index (χ2n) is 5.51. The molecule has 2 rings (SSSR count). The minimum absolute atomic E-state index is 0. The molecule has 0 bridgehead atoms. The van der Waals surface area contributed by atoms with Crippen LogP contribution in [0.15, 0.2) is 25.3 Å². The minimum atomic E-state index is -1.12. The third-order valence-corrected chi connectivity index (χ3v) is 4.26. The fraction of sp³-hybridized carbons (Fsp3) is 0.714. The van der Waals surface area contributed by atoms with Crippen molar-refractivity contribution >= 4 is 90.0 Å². The van der Waals surface area contributed by atoms with E-state index in [1.165, 1.54) is 12.7 Å². The number of nitrogens with zero attached hydrogens (tertiary/aromatic N) is 6. The van der Waals surface area contributed by atoms with Crippen molar-refractivity contribution in [2.24, 2.45) is 0 Å². The van der Waals surface area contributed by atoms with Crippen molar-refractivity contribution in [3.63, 3.8) is 0 Å². The molecule has 0 aliphatic heterocycles. The molecule has 0 saturated carbocycles. The Kier molecular flexibility index (Phi) is 25.4. The molecule has 0 spiro atoms. The molecule has 2 heterocycles. The van der Waals surface area contributed by atoms with E-state index >= 15 is 0 Å². The molecule has 0 aliphatic carbocycles. The summed E-state index contributed by atoms with van der Waals surface area (Å²) in [4.78, 5) is 7.65. The van der Waals surface area contributed by atoms with Crippen molar-refractivity contribution in [1.29, 1.82) is 0 Å². The number of hydrogen-bond donors (Lipinski definition) is 0. The summed E-state index contributed by atoms with van der Waals surface area (Å²) in [5.74, 6) is 0. The maximum atomic E-state index is 5.59. The molecule has 17 heteroatoms. The Bertz CT molecular complexity index is 547. The van der Waals surface area contributed by atoms with Gasteiger partial charge in [0.25, 0.3) is 0 Å². The van der Waals surface area contributed by atoms with Crippen LogP contribution in [-0.2, 0) is 25.7 Å². The molecule has 0 aromatic carbocycles. The second kappa shape index (κ2) is 21.5. The molecule has 0 unspecified atom stereocenters. The van der Waals surface area contributed by atoms with Crippen LogP contribution < -0.4 is 0 Å². The van der Waals surface area contributed by atoms with Crippen molar-refractivity contribution < 1.29 is 23.6 Å². The van der Waals surface area contributed by atoms with Gasteiger partial charge in [0.1, 0.15) is 25.3 Å². The van der Waals surface area contributed by atoms with Gasteiger partial charge in [-0.15, -0.1) is 0 Å². The first-order valence-electron chi connectivity index (χ1n) is 8.18. The van der Waals surface area contributed by atoms with Gasteiger partial charge in [0, 0.05) is 13.1 Å². The quantitative estimate of drug-likeness (QED) is 0.217. The second-order valence-corrected chi connectivity index (χ2v) is 12.2. The van der Waals surface area contributed by atoms with E-state index < -0.39 is 7.59 Å². The van der Waals surface area contributed by atoms with Crippen LogP contribution >= 0.6 is 90.0 Å². The zero-order valence-electron chi connectivity index (χ0n) is 16.0. The van der Waals surface area contributed by atoms with Gasteiger partial charge in [0.05, 0.1) is 0 Å². The summed E-state index contributed by atoms with van der Waals surface area (Å²) in [6, 6.07) is 0. The molecule has 0 atom stereocenters. The number of alkyl halides is 6. The van der Waals surface area contributed by atoms with Crippen molar-refractivity contribution in [1.82, 2.24) is 29.5 Å². The number of unbranched alkanes of at least 4 members (excludes halogenated alkanes) is 2. The van der Waals surface area contributed by atoms with Crippen LogP contribution in [0.3, 0.4) is 0 Å². The van der Waals surface area contributed by atoms with Crippen LogP contribution in [0, 0.1) is 0 Å². The molecule has 0 fully saturated rings. The molecular formula is C14H24Cl8N6NiO2. The normalized spacial score (nSPS) is 10.7. The Morgan fingerprint density at radius 3 is 1.19 bits per heavy atom. The summed E-state index contributed by atoms with van der Waals surface area (Å²) in [5.41, 5.74) is 0. The number of rotatable bonds is 8. The average Bonchev–Trinajstić information content (AvgIpc) is 3.29. The third kappa shape index (κ3) is 27.1. The molecule has 0 radical (unpaired) electrons. The van der Waals surface area contributed by atoms with Crippen molar-refractivity contribution in [3.05, 3.63) is 25.3 Å². The van der Waals surface area contributed by atoms with Gasteiger partial charge in [-0.3, -0.25) is 9.36 Å². The first-order valence-corrected chi connectivity index (χ1v) is 13.2. The van der Waals surface area contributed by atoms with E-state index in [9.17, 15) is 0 Å². The summed E-state index contributed by atoms with van der Waals surface area (Å²) in [6.07, 6.45) is 11.1. The molecule has 188 valence electrons. The molecule has 4 N–H and O–H groups in total. The van der Waals surface area contributed by atoms with E-state index in [0.717, 1.165) is 38.8 Å². The van der Waals surface area contributed by atoms with Crippen LogP contribution in [0.2, 0.25) is 0 Å². The van der Waals surface area contributed by atoms with E-state index in [4.69, 9.17) is 90.0 Å². The summed E-state index contributed by atoms with van der Waals surface area (Å²) in [6.45, 7) is 1.64. The molecular weight excluding hydrogens is 627 g/mol. The Morgan fingerprint density at radius 2 is 0.968 bits per heavy atom. The Hall–Kier alpha value is 1.01. The maximum absolute atomic E-state index is 5.59. The Morgan fingerprint density at radius 1 is 0.645 bits per heavy atom. The van der Waals surface area contributed by atoms with E-state index in [1.54, 1.807) is 22.0 Å². The average molecular weight is 651 g/mol. The Balaban J connectivity index is -0.000000424. The SMILES string of the molecule is ClC(Cl)(Cl)CCCCn1cncn1.ClC(Cl)(Cl)CCCCn1cncn1.O.O.[Cl][Ni][Cl]. The van der Waals surface area contributed by atoms with Crippen LogP contribution in [-0.4, -0.2) is 48.1 Å². The van der Waals surface area contributed by atoms with Gasteiger partial charge in [-0.05, 0) is 38.5 Å². The molecule has 8 nitrogen and oxygen atoms in total. The van der Waals surface area contributed by atoms with Gasteiger partial charge in [-0.2, -0.15) is 10.2 Å². The summed E-state index contributed by atoms with van der Waals surface area (Å²) >= 11 is 34.1. The number of halogens is 8. The Labute approximate surface area is 226 Å². The van der Waals surface area contributed by atoms with Crippen LogP contribution in [0.5, 0.6) is 0 Å². The van der Waals surface area contributed by atoms with Crippen molar-refractivity contribution in [3.8, 4) is 0 Å². The third-order valence-electron chi connectivity index (χ3n) is 3.13. The fourth-order valence-corrected chi connectivity index (χ4v) is 2.70. The van der Waals surface area contributed by atoms with Crippen molar-refractivity contribution in [2.45, 2.75) is 59.2 Å². The summed E-state index contributed by atoms with van der Waals surface area (Å²) in [7, 11) is 9.40. The van der Waals surface area contributed by atoms with E-state index in [-0.39, 0.29) is 11.0 Å². The molecule has 0 saturated heterocycles.